The third-order valence-corrected chi connectivity index (χ3v) is 5.47. The highest BCUT2D eigenvalue weighted by Gasteiger charge is 2.70. The largest absolute Gasteiger partial charge is 0.393 e. The molecule has 1 unspecified atom stereocenters. The van der Waals surface area contributed by atoms with Gasteiger partial charge in [-0.2, -0.15) is 0 Å². The highest BCUT2D eigenvalue weighted by Crippen LogP contribution is 2.57. The maximum absolute atomic E-state index is 12.2. The van der Waals surface area contributed by atoms with E-state index in [0.29, 0.717) is 0 Å². The molecule has 0 amide bonds. The first-order chi connectivity index (χ1) is 11.3. The molecule has 132 valence electrons. The Morgan fingerprint density at radius 1 is 1.29 bits per heavy atom. The minimum atomic E-state index is -0.999. The first-order valence-corrected chi connectivity index (χ1v) is 8.30. The fourth-order valence-electron chi connectivity index (χ4n) is 4.35. The summed E-state index contributed by atoms with van der Waals surface area (Å²) >= 11 is 0. The van der Waals surface area contributed by atoms with E-state index in [1.807, 2.05) is 6.92 Å². The summed E-state index contributed by atoms with van der Waals surface area (Å²) in [7, 11) is 0. The van der Waals surface area contributed by atoms with Gasteiger partial charge in [-0.25, -0.2) is 4.79 Å². The van der Waals surface area contributed by atoms with Crippen molar-refractivity contribution in [2.24, 2.45) is 0 Å². The molecule has 3 heterocycles. The van der Waals surface area contributed by atoms with Crippen LogP contribution in [0.2, 0.25) is 0 Å². The lowest BCUT2D eigenvalue weighted by Gasteiger charge is -2.32. The normalized spacial score (nSPS) is 40.3. The number of hydrogen-bond acceptors (Lipinski definition) is 6. The van der Waals surface area contributed by atoms with Gasteiger partial charge in [0.2, 0.25) is 0 Å². The van der Waals surface area contributed by atoms with E-state index >= 15 is 0 Å². The maximum Gasteiger partial charge on any atom is 0.330 e. The van der Waals surface area contributed by atoms with Crippen molar-refractivity contribution in [1.29, 1.82) is 0 Å². The fourth-order valence-corrected chi connectivity index (χ4v) is 4.35. The molecule has 4 atom stereocenters. The number of H-pyrrole nitrogens is 1. The summed E-state index contributed by atoms with van der Waals surface area (Å²) < 4.78 is 19.9. The van der Waals surface area contributed by atoms with Gasteiger partial charge in [-0.05, 0) is 26.7 Å². The lowest BCUT2D eigenvalue weighted by molar-refractivity contribution is -0.248. The van der Waals surface area contributed by atoms with Gasteiger partial charge in [0.25, 0.3) is 5.56 Å². The minimum Gasteiger partial charge on any atom is -0.393 e. The molecule has 0 radical (unpaired) electrons. The van der Waals surface area contributed by atoms with Gasteiger partial charge >= 0.3 is 5.69 Å². The van der Waals surface area contributed by atoms with Crippen molar-refractivity contribution in [3.63, 3.8) is 0 Å². The number of rotatable bonds is 2. The third kappa shape index (κ3) is 2.07. The Kier molecular flexibility index (Phi) is 3.34. The zero-order chi connectivity index (χ0) is 17.2. The van der Waals surface area contributed by atoms with Crippen LogP contribution in [0, 0.1) is 0 Å². The van der Waals surface area contributed by atoms with Gasteiger partial charge in [-0.15, -0.1) is 0 Å². The molecule has 8 nitrogen and oxygen atoms in total. The van der Waals surface area contributed by atoms with Gasteiger partial charge in [0, 0.05) is 25.1 Å². The monoisotopic (exact) mass is 338 g/mol. The van der Waals surface area contributed by atoms with Crippen LogP contribution >= 0.6 is 0 Å². The molecule has 24 heavy (non-hydrogen) atoms. The van der Waals surface area contributed by atoms with Crippen LogP contribution in [0.4, 0.5) is 0 Å². The van der Waals surface area contributed by atoms with E-state index in [-0.39, 0.29) is 6.61 Å². The molecule has 2 aliphatic heterocycles. The predicted octanol–water partition coefficient (Wildman–Crippen LogP) is 0.261. The van der Waals surface area contributed by atoms with Crippen molar-refractivity contribution in [1.82, 2.24) is 9.55 Å². The number of aromatic nitrogens is 2. The molecule has 8 heteroatoms. The summed E-state index contributed by atoms with van der Waals surface area (Å²) in [5.41, 5.74) is -2.99. The van der Waals surface area contributed by atoms with Gasteiger partial charge in [0.1, 0.15) is 17.3 Å². The van der Waals surface area contributed by atoms with Crippen LogP contribution in [0.3, 0.4) is 0 Å². The Balaban J connectivity index is 1.81. The Hall–Kier alpha value is -1.48. The quantitative estimate of drug-likeness (QED) is 0.802. The maximum atomic E-state index is 12.2. The average Bonchev–Trinajstić information content (AvgIpc) is 3.16. The first kappa shape index (κ1) is 16.0. The number of ether oxygens (including phenoxy) is 3. The number of aliphatic hydroxyl groups is 1. The van der Waals surface area contributed by atoms with E-state index in [1.54, 1.807) is 6.92 Å². The zero-order valence-electron chi connectivity index (χ0n) is 13.8. The number of hydrogen-bond donors (Lipinski definition) is 2. The fraction of sp³-hybridized carbons (Fsp3) is 0.750. The van der Waals surface area contributed by atoms with Crippen molar-refractivity contribution >= 4 is 0 Å². The lowest BCUT2D eigenvalue weighted by Crippen LogP contribution is -2.48. The van der Waals surface area contributed by atoms with E-state index in [1.165, 1.54) is 16.8 Å². The molecule has 4 rings (SSSR count). The third-order valence-electron chi connectivity index (χ3n) is 5.47. The molecule has 3 fully saturated rings. The van der Waals surface area contributed by atoms with Gasteiger partial charge in [0.15, 0.2) is 12.0 Å². The van der Waals surface area contributed by atoms with E-state index in [0.717, 1.165) is 25.7 Å². The molecular weight excluding hydrogens is 316 g/mol. The van der Waals surface area contributed by atoms with Gasteiger partial charge < -0.3 is 19.3 Å². The minimum absolute atomic E-state index is 0.263. The second-order valence-electron chi connectivity index (χ2n) is 7.36. The lowest BCUT2D eigenvalue weighted by atomic mass is 9.89. The summed E-state index contributed by atoms with van der Waals surface area (Å²) in [6.45, 7) is 3.33. The van der Waals surface area contributed by atoms with Crippen LogP contribution in [0.25, 0.3) is 0 Å². The van der Waals surface area contributed by atoms with Crippen LogP contribution in [0.1, 0.15) is 45.8 Å². The van der Waals surface area contributed by atoms with Crippen LogP contribution in [0.15, 0.2) is 21.9 Å². The number of aliphatic hydroxyl groups excluding tert-OH is 1. The molecule has 2 N–H and O–H groups in total. The van der Waals surface area contributed by atoms with Crippen LogP contribution in [0.5, 0.6) is 0 Å². The van der Waals surface area contributed by atoms with Crippen LogP contribution in [-0.4, -0.2) is 44.4 Å². The van der Waals surface area contributed by atoms with Crippen molar-refractivity contribution in [3.8, 4) is 0 Å². The van der Waals surface area contributed by atoms with E-state index in [9.17, 15) is 14.7 Å². The van der Waals surface area contributed by atoms with E-state index in [2.05, 4.69) is 4.98 Å². The molecule has 1 aliphatic carbocycles. The van der Waals surface area contributed by atoms with Gasteiger partial charge in [-0.3, -0.25) is 14.3 Å². The molecule has 2 saturated heterocycles. The predicted molar refractivity (Wildman–Crippen MR) is 82.5 cm³/mol. The highest BCUT2D eigenvalue weighted by atomic mass is 16.8. The molecule has 0 aromatic carbocycles. The molecule has 3 aliphatic rings. The number of nitrogens with zero attached hydrogens (tertiary/aromatic N) is 1. The standard InChI is InChI=1S/C16H22N2O6/c1-14(9-19)11-15(2,24-16(22-11)6-3-4-7-16)12(23-14)18-8-5-10(20)17-13(18)21/h5,8,11-12,19H,3-4,6-7,9H2,1-2H3,(H,17,20,21)/t11-,12?,14-,15-/m1/s1. The summed E-state index contributed by atoms with van der Waals surface area (Å²) in [4.78, 5) is 25.8. The number of nitrogens with one attached hydrogen (secondary N) is 1. The Morgan fingerprint density at radius 3 is 2.62 bits per heavy atom. The first-order valence-electron chi connectivity index (χ1n) is 8.30. The molecule has 1 spiro atoms. The zero-order valence-corrected chi connectivity index (χ0v) is 13.8. The smallest absolute Gasteiger partial charge is 0.330 e. The molecule has 1 aromatic heterocycles. The van der Waals surface area contributed by atoms with E-state index < -0.39 is 40.6 Å². The summed E-state index contributed by atoms with van der Waals surface area (Å²) in [6.07, 6.45) is 3.67. The molecule has 1 aromatic rings. The van der Waals surface area contributed by atoms with Crippen molar-refractivity contribution < 1.29 is 19.3 Å². The van der Waals surface area contributed by atoms with E-state index in [4.69, 9.17) is 14.2 Å². The Bertz CT molecular complexity index is 766. The molecule has 0 bridgehead atoms. The molecular formula is C16H22N2O6. The summed E-state index contributed by atoms with van der Waals surface area (Å²) in [5.74, 6) is -0.677. The SMILES string of the molecule is C[C@]1(CO)OC(n2ccc(=O)[nH]c2=O)[C@]2(C)OC3(CCCC3)O[C@H]12. The second-order valence-corrected chi connectivity index (χ2v) is 7.36. The summed E-state index contributed by atoms with van der Waals surface area (Å²) in [5, 5.41) is 9.89. The average molecular weight is 338 g/mol. The van der Waals surface area contributed by atoms with Crippen LogP contribution in [-0.2, 0) is 14.2 Å². The Morgan fingerprint density at radius 2 is 2.00 bits per heavy atom. The highest BCUT2D eigenvalue weighted by molar-refractivity contribution is 5.13. The number of fused-ring (bicyclic) bond motifs is 1. The molecule has 1 saturated carbocycles. The van der Waals surface area contributed by atoms with Crippen molar-refractivity contribution in [3.05, 3.63) is 33.1 Å². The summed E-state index contributed by atoms with van der Waals surface area (Å²) in [6, 6.07) is 1.26. The van der Waals surface area contributed by atoms with Gasteiger partial charge in [-0.1, -0.05) is 0 Å². The van der Waals surface area contributed by atoms with Crippen LogP contribution < -0.4 is 11.2 Å². The number of aromatic amines is 1. The van der Waals surface area contributed by atoms with Crippen molar-refractivity contribution in [2.75, 3.05) is 6.61 Å². The van der Waals surface area contributed by atoms with Crippen molar-refractivity contribution in [2.45, 2.75) is 68.9 Å². The second kappa shape index (κ2) is 5.01. The topological polar surface area (TPSA) is 103 Å². The Labute approximate surface area is 138 Å². The van der Waals surface area contributed by atoms with Gasteiger partial charge in [0.05, 0.1) is 6.61 Å².